The zero-order chi connectivity index (χ0) is 16.9. The van der Waals surface area contributed by atoms with Crippen LogP contribution in [0.2, 0.25) is 0 Å². The highest BCUT2D eigenvalue weighted by Crippen LogP contribution is 2.33. The molecule has 0 radical (unpaired) electrons. The van der Waals surface area contributed by atoms with Gasteiger partial charge in [0.05, 0.1) is 18.1 Å². The highest BCUT2D eigenvalue weighted by molar-refractivity contribution is 9.10. The molecule has 0 unspecified atom stereocenters. The first-order chi connectivity index (χ1) is 10.3. The predicted molar refractivity (Wildman–Crippen MR) is 75.8 cm³/mol. The Hall–Kier alpha value is -2.23. The summed E-state index contributed by atoms with van der Waals surface area (Å²) in [5, 5.41) is 22.7. The van der Waals surface area contributed by atoms with Crippen molar-refractivity contribution in [2.45, 2.75) is 19.8 Å². The molecule has 0 spiro atoms. The summed E-state index contributed by atoms with van der Waals surface area (Å²) in [4.78, 5) is 34.3. The third-order valence-corrected chi connectivity index (χ3v) is 3.13. The molecule has 0 atom stereocenters. The molecular formula is C12H13BrN2O7. The summed E-state index contributed by atoms with van der Waals surface area (Å²) < 4.78 is 9.59. The van der Waals surface area contributed by atoms with E-state index in [0.717, 1.165) is 12.4 Å². The van der Waals surface area contributed by atoms with Gasteiger partial charge >= 0.3 is 11.9 Å². The quantitative estimate of drug-likeness (QED) is 0.182. The van der Waals surface area contributed by atoms with Crippen LogP contribution in [0.3, 0.4) is 0 Å². The van der Waals surface area contributed by atoms with Crippen molar-refractivity contribution in [3.8, 4) is 0 Å². The fourth-order valence-corrected chi connectivity index (χ4v) is 2.33. The van der Waals surface area contributed by atoms with Gasteiger partial charge in [-0.2, -0.15) is 4.73 Å². The fraction of sp³-hybridized carbons (Fsp3) is 0.417. The van der Waals surface area contributed by atoms with Crippen LogP contribution < -0.4 is 4.73 Å². The van der Waals surface area contributed by atoms with Crippen LogP contribution in [-0.2, 0) is 19.1 Å². The Bertz CT molecular complexity index is 587. The van der Waals surface area contributed by atoms with E-state index in [0.29, 0.717) is 0 Å². The summed E-state index contributed by atoms with van der Waals surface area (Å²) >= 11 is 2.88. The number of rotatable bonds is 6. The number of carbonyl (C=O) groups excluding carboxylic acids is 2. The van der Waals surface area contributed by atoms with Gasteiger partial charge in [-0.3, -0.25) is 19.7 Å². The number of nitro groups is 1. The minimum Gasteiger partial charge on any atom is -0.619 e. The van der Waals surface area contributed by atoms with Gasteiger partial charge in [0.1, 0.15) is 5.56 Å². The van der Waals surface area contributed by atoms with Gasteiger partial charge < -0.3 is 14.7 Å². The number of aromatic nitrogens is 1. The van der Waals surface area contributed by atoms with Crippen molar-refractivity contribution in [3.63, 3.8) is 0 Å². The van der Waals surface area contributed by atoms with Crippen molar-refractivity contribution in [3.05, 3.63) is 37.8 Å². The summed E-state index contributed by atoms with van der Waals surface area (Å²) in [7, 11) is 0. The molecule has 1 aromatic heterocycles. The molecule has 0 amide bonds. The topological polar surface area (TPSA) is 123 Å². The summed E-state index contributed by atoms with van der Waals surface area (Å²) in [6.45, 7) is 2.97. The van der Waals surface area contributed by atoms with E-state index in [9.17, 15) is 24.9 Å². The lowest BCUT2D eigenvalue weighted by Crippen LogP contribution is -2.32. The summed E-state index contributed by atoms with van der Waals surface area (Å²) in [5.41, 5.74) is -0.968. The second-order valence-electron chi connectivity index (χ2n) is 3.96. The number of hydrogen-bond acceptors (Lipinski definition) is 7. The van der Waals surface area contributed by atoms with Crippen molar-refractivity contribution < 1.29 is 28.7 Å². The van der Waals surface area contributed by atoms with Crippen LogP contribution in [0.4, 0.5) is 5.69 Å². The number of halogens is 1. The molecule has 0 aliphatic heterocycles. The van der Waals surface area contributed by atoms with Gasteiger partial charge in [-0.15, -0.1) is 0 Å². The van der Waals surface area contributed by atoms with Crippen LogP contribution in [-0.4, -0.2) is 30.1 Å². The number of hydrogen-bond donors (Lipinski definition) is 0. The van der Waals surface area contributed by atoms with Crippen LogP contribution in [0.15, 0.2) is 16.9 Å². The molecule has 120 valence electrons. The maximum Gasteiger partial charge on any atom is 0.325 e. The Morgan fingerprint density at radius 3 is 2.18 bits per heavy atom. The third kappa shape index (κ3) is 3.91. The molecule has 0 N–H and O–H groups in total. The molecule has 0 aliphatic rings. The molecule has 0 saturated heterocycles. The number of nitrogens with zero attached hydrogens (tertiary/aromatic N) is 2. The number of pyridine rings is 1. The lowest BCUT2D eigenvalue weighted by Gasteiger charge is -2.14. The van der Waals surface area contributed by atoms with Crippen LogP contribution in [0.25, 0.3) is 0 Å². The van der Waals surface area contributed by atoms with E-state index in [1.807, 2.05) is 0 Å². The monoisotopic (exact) mass is 376 g/mol. The molecule has 9 nitrogen and oxygen atoms in total. The van der Waals surface area contributed by atoms with Crippen molar-refractivity contribution in [2.24, 2.45) is 0 Å². The van der Waals surface area contributed by atoms with E-state index in [1.165, 1.54) is 13.8 Å². The fourth-order valence-electron chi connectivity index (χ4n) is 1.75. The average Bonchev–Trinajstić information content (AvgIpc) is 2.38. The molecular weight excluding hydrogens is 364 g/mol. The standard InChI is InChI=1S/C12H13BrN2O7/c1-3-21-11(16)9(12(17)22-4-2)7-5-14(18)6-8(13)10(7)15(19)20/h5-6,9H,3-4H2,1-2H3. The van der Waals surface area contributed by atoms with E-state index >= 15 is 0 Å². The average molecular weight is 377 g/mol. The SMILES string of the molecule is CCOC(=O)C(C(=O)OCC)c1c[n+]([O-])cc(Br)c1[N+](=O)[O-]. The second kappa shape index (κ2) is 7.69. The van der Waals surface area contributed by atoms with E-state index in [1.54, 1.807) is 0 Å². The normalized spacial score (nSPS) is 10.4. The van der Waals surface area contributed by atoms with E-state index in [-0.39, 0.29) is 22.4 Å². The molecule has 1 aromatic rings. The third-order valence-electron chi connectivity index (χ3n) is 2.54. The van der Waals surface area contributed by atoms with E-state index in [2.05, 4.69) is 15.9 Å². The molecule has 0 saturated carbocycles. The van der Waals surface area contributed by atoms with Gasteiger partial charge in [-0.1, -0.05) is 0 Å². The molecule has 0 bridgehead atoms. The summed E-state index contributed by atoms with van der Waals surface area (Å²) in [6, 6.07) is 0. The maximum absolute atomic E-state index is 12.0. The molecule has 0 fully saturated rings. The molecule has 0 aromatic carbocycles. The Balaban J connectivity index is 3.50. The lowest BCUT2D eigenvalue weighted by molar-refractivity contribution is -0.607. The van der Waals surface area contributed by atoms with Crippen molar-refractivity contribution in [1.29, 1.82) is 0 Å². The largest absolute Gasteiger partial charge is 0.619 e. The van der Waals surface area contributed by atoms with Crippen molar-refractivity contribution in [2.75, 3.05) is 13.2 Å². The Labute approximate surface area is 133 Å². The Morgan fingerprint density at radius 1 is 1.27 bits per heavy atom. The molecule has 0 aliphatic carbocycles. The number of esters is 2. The van der Waals surface area contributed by atoms with Gasteiger partial charge in [0, 0.05) is 0 Å². The minimum atomic E-state index is -1.71. The van der Waals surface area contributed by atoms with Gasteiger partial charge in [-0.25, -0.2) is 0 Å². The van der Waals surface area contributed by atoms with Crippen molar-refractivity contribution in [1.82, 2.24) is 0 Å². The van der Waals surface area contributed by atoms with Gasteiger partial charge in [0.15, 0.2) is 16.6 Å². The number of carbonyl (C=O) groups is 2. The van der Waals surface area contributed by atoms with E-state index < -0.39 is 34.0 Å². The highest BCUT2D eigenvalue weighted by Gasteiger charge is 2.40. The zero-order valence-corrected chi connectivity index (χ0v) is 13.4. The molecule has 22 heavy (non-hydrogen) atoms. The minimum absolute atomic E-state index is 0.0338. The summed E-state index contributed by atoms with van der Waals surface area (Å²) in [5.74, 6) is -3.76. The van der Waals surface area contributed by atoms with Crippen LogP contribution in [0.1, 0.15) is 25.3 Å². The zero-order valence-electron chi connectivity index (χ0n) is 11.8. The van der Waals surface area contributed by atoms with Gasteiger partial charge in [0.25, 0.3) is 5.69 Å². The number of ether oxygens (including phenoxy) is 2. The van der Waals surface area contributed by atoms with Gasteiger partial charge in [0.2, 0.25) is 6.20 Å². The van der Waals surface area contributed by atoms with E-state index in [4.69, 9.17) is 9.47 Å². The highest BCUT2D eigenvalue weighted by atomic mass is 79.9. The van der Waals surface area contributed by atoms with Crippen LogP contribution >= 0.6 is 15.9 Å². The van der Waals surface area contributed by atoms with Crippen molar-refractivity contribution >= 4 is 33.6 Å². The first-order valence-electron chi connectivity index (χ1n) is 6.23. The molecule has 1 rings (SSSR count). The first-order valence-corrected chi connectivity index (χ1v) is 7.02. The van der Waals surface area contributed by atoms with Crippen LogP contribution in [0, 0.1) is 15.3 Å². The lowest BCUT2D eigenvalue weighted by atomic mass is 9.99. The summed E-state index contributed by atoms with van der Waals surface area (Å²) in [6.07, 6.45) is 1.68. The Morgan fingerprint density at radius 2 is 1.77 bits per heavy atom. The van der Waals surface area contributed by atoms with Gasteiger partial charge in [-0.05, 0) is 29.8 Å². The molecule has 10 heteroatoms. The second-order valence-corrected chi connectivity index (χ2v) is 4.82. The Kier molecular flexibility index (Phi) is 6.23. The smallest absolute Gasteiger partial charge is 0.325 e. The molecule has 1 heterocycles. The first kappa shape index (κ1) is 17.8. The maximum atomic E-state index is 12.0. The van der Waals surface area contributed by atoms with Crippen LogP contribution in [0.5, 0.6) is 0 Å². The predicted octanol–water partition coefficient (Wildman–Crippen LogP) is 1.20.